The molecule has 0 spiro atoms. The Morgan fingerprint density at radius 1 is 1.46 bits per heavy atom. The summed E-state index contributed by atoms with van der Waals surface area (Å²) in [5, 5.41) is 0. The van der Waals surface area contributed by atoms with Crippen molar-refractivity contribution in [2.24, 2.45) is 5.73 Å². The summed E-state index contributed by atoms with van der Waals surface area (Å²) in [5.41, 5.74) is 7.52. The molecule has 0 heterocycles. The van der Waals surface area contributed by atoms with E-state index in [-0.39, 0.29) is 24.3 Å². The molecule has 2 N–H and O–H groups in total. The van der Waals surface area contributed by atoms with Crippen LogP contribution in [0.5, 0.6) is 0 Å². The molecule has 4 heteroatoms. The average molecular weight is 269 g/mol. The summed E-state index contributed by atoms with van der Waals surface area (Å²) in [6.45, 7) is 3.76. The first kappa shape index (κ1) is 12.9. The van der Waals surface area contributed by atoms with Gasteiger partial charge in [0, 0.05) is 6.04 Å². The zero-order valence-corrected chi connectivity index (χ0v) is 9.88. The van der Waals surface area contributed by atoms with Crippen LogP contribution in [-0.2, 0) is 0 Å². The van der Waals surface area contributed by atoms with Crippen molar-refractivity contribution in [3.63, 3.8) is 0 Å². The van der Waals surface area contributed by atoms with Crippen LogP contribution in [0, 0.1) is 12.7 Å². The maximum atomic E-state index is 13.0. The highest BCUT2D eigenvalue weighted by Crippen LogP contribution is 2.23. The van der Waals surface area contributed by atoms with E-state index in [0.29, 0.717) is 4.47 Å². The zero-order chi connectivity index (χ0) is 9.30. The number of rotatable bonds is 1. The summed E-state index contributed by atoms with van der Waals surface area (Å²) >= 11 is 3.11. The van der Waals surface area contributed by atoms with E-state index in [9.17, 15) is 4.39 Å². The normalized spacial score (nSPS) is 12.1. The molecular weight excluding hydrogens is 256 g/mol. The van der Waals surface area contributed by atoms with Gasteiger partial charge >= 0.3 is 0 Å². The Kier molecular flexibility index (Phi) is 4.89. The van der Waals surface area contributed by atoms with Crippen molar-refractivity contribution in [2.45, 2.75) is 19.9 Å². The average Bonchev–Trinajstić information content (AvgIpc) is 1.96. The summed E-state index contributed by atoms with van der Waals surface area (Å²) in [6, 6.07) is 3.10. The van der Waals surface area contributed by atoms with Crippen molar-refractivity contribution in [2.75, 3.05) is 0 Å². The van der Waals surface area contributed by atoms with Gasteiger partial charge in [-0.15, -0.1) is 12.4 Å². The van der Waals surface area contributed by atoms with Crippen LogP contribution in [0.15, 0.2) is 16.6 Å². The second-order valence-electron chi connectivity index (χ2n) is 2.91. The lowest BCUT2D eigenvalue weighted by Crippen LogP contribution is -2.07. The van der Waals surface area contributed by atoms with Gasteiger partial charge in [-0.3, -0.25) is 0 Å². The first-order valence-electron chi connectivity index (χ1n) is 3.73. The van der Waals surface area contributed by atoms with Gasteiger partial charge in [-0.25, -0.2) is 4.39 Å². The van der Waals surface area contributed by atoms with Gasteiger partial charge in [-0.05, 0) is 53.0 Å². The predicted octanol–water partition coefficient (Wildman–Crippen LogP) is 3.34. The van der Waals surface area contributed by atoms with Crippen LogP contribution in [0.2, 0.25) is 0 Å². The number of hydrogen-bond acceptors (Lipinski definition) is 1. The fourth-order valence-electron chi connectivity index (χ4n) is 1.15. The Bertz CT molecular complexity index is 302. The van der Waals surface area contributed by atoms with E-state index in [4.69, 9.17) is 5.73 Å². The minimum atomic E-state index is -0.257. The lowest BCUT2D eigenvalue weighted by molar-refractivity contribution is 0.614. The Hall–Kier alpha value is -0.120. The van der Waals surface area contributed by atoms with Crippen LogP contribution in [0.4, 0.5) is 4.39 Å². The third-order valence-corrected chi connectivity index (χ3v) is 2.41. The molecule has 0 unspecified atom stereocenters. The fourth-order valence-corrected chi connectivity index (χ4v) is 1.61. The molecule has 0 amide bonds. The third kappa shape index (κ3) is 2.93. The third-order valence-electron chi connectivity index (χ3n) is 1.80. The van der Waals surface area contributed by atoms with E-state index in [2.05, 4.69) is 15.9 Å². The van der Waals surface area contributed by atoms with Gasteiger partial charge in [-0.2, -0.15) is 0 Å². The number of benzene rings is 1. The second kappa shape index (κ2) is 4.94. The van der Waals surface area contributed by atoms with Gasteiger partial charge < -0.3 is 5.73 Å². The molecule has 0 saturated heterocycles. The molecule has 0 bridgehead atoms. The highest BCUT2D eigenvalue weighted by atomic mass is 79.9. The second-order valence-corrected chi connectivity index (χ2v) is 3.77. The molecule has 0 aromatic heterocycles. The number of halogens is 3. The van der Waals surface area contributed by atoms with E-state index < -0.39 is 0 Å². The quantitative estimate of drug-likeness (QED) is 0.830. The minimum absolute atomic E-state index is 0. The van der Waals surface area contributed by atoms with Crippen LogP contribution in [-0.4, -0.2) is 0 Å². The predicted molar refractivity (Wildman–Crippen MR) is 58.7 cm³/mol. The summed E-state index contributed by atoms with van der Waals surface area (Å²) in [5.74, 6) is -0.257. The van der Waals surface area contributed by atoms with E-state index in [1.54, 1.807) is 6.07 Å². The Labute approximate surface area is 92.1 Å². The van der Waals surface area contributed by atoms with Crippen LogP contribution in [0.3, 0.4) is 0 Å². The molecule has 1 nitrogen and oxygen atoms in total. The van der Waals surface area contributed by atoms with Crippen molar-refractivity contribution in [3.05, 3.63) is 33.5 Å². The summed E-state index contributed by atoms with van der Waals surface area (Å²) in [6.07, 6.45) is 0. The topological polar surface area (TPSA) is 26.0 Å². The molecule has 0 fully saturated rings. The van der Waals surface area contributed by atoms with Gasteiger partial charge in [0.15, 0.2) is 0 Å². The smallest absolute Gasteiger partial charge is 0.137 e. The standard InChI is InChI=1S/C9H11BrFN.ClH/c1-5-3-8(10)9(11)4-7(5)6(2)12;/h3-4,6H,12H2,1-2H3;1H/t6-;/m0./s1. The first-order chi connectivity index (χ1) is 5.52. The lowest BCUT2D eigenvalue weighted by Gasteiger charge is -2.10. The van der Waals surface area contributed by atoms with Gasteiger partial charge in [0.25, 0.3) is 0 Å². The Balaban J connectivity index is 0.00000144. The molecule has 1 rings (SSSR count). The monoisotopic (exact) mass is 267 g/mol. The van der Waals surface area contributed by atoms with Gasteiger partial charge in [0.1, 0.15) is 5.82 Å². The van der Waals surface area contributed by atoms with Crippen molar-refractivity contribution < 1.29 is 4.39 Å². The summed E-state index contributed by atoms with van der Waals surface area (Å²) in [4.78, 5) is 0. The molecular formula is C9H12BrClFN. The minimum Gasteiger partial charge on any atom is -0.324 e. The number of hydrogen-bond donors (Lipinski definition) is 1. The van der Waals surface area contributed by atoms with Crippen molar-refractivity contribution in [1.82, 2.24) is 0 Å². The van der Waals surface area contributed by atoms with Crippen LogP contribution in [0.25, 0.3) is 0 Å². The number of aryl methyl sites for hydroxylation is 1. The summed E-state index contributed by atoms with van der Waals surface area (Å²) in [7, 11) is 0. The maximum absolute atomic E-state index is 13.0. The van der Waals surface area contributed by atoms with E-state index in [1.807, 2.05) is 13.8 Å². The van der Waals surface area contributed by atoms with Gasteiger partial charge in [0.05, 0.1) is 4.47 Å². The molecule has 0 aliphatic rings. The molecule has 74 valence electrons. The zero-order valence-electron chi connectivity index (χ0n) is 7.47. The van der Waals surface area contributed by atoms with Crippen LogP contribution >= 0.6 is 28.3 Å². The van der Waals surface area contributed by atoms with Gasteiger partial charge in [0.2, 0.25) is 0 Å². The fraction of sp³-hybridized carbons (Fsp3) is 0.333. The molecule has 13 heavy (non-hydrogen) atoms. The summed E-state index contributed by atoms with van der Waals surface area (Å²) < 4.78 is 13.5. The first-order valence-corrected chi connectivity index (χ1v) is 4.53. The Morgan fingerprint density at radius 2 is 2.00 bits per heavy atom. The van der Waals surface area contributed by atoms with Crippen molar-refractivity contribution in [1.29, 1.82) is 0 Å². The van der Waals surface area contributed by atoms with Crippen LogP contribution < -0.4 is 5.73 Å². The Morgan fingerprint density at radius 3 is 2.46 bits per heavy atom. The molecule has 1 aromatic rings. The van der Waals surface area contributed by atoms with E-state index >= 15 is 0 Å². The molecule has 0 aliphatic carbocycles. The molecule has 0 saturated carbocycles. The highest BCUT2D eigenvalue weighted by Gasteiger charge is 2.07. The lowest BCUT2D eigenvalue weighted by atomic mass is 10.0. The molecule has 1 aromatic carbocycles. The molecule has 1 atom stereocenters. The largest absolute Gasteiger partial charge is 0.324 e. The van der Waals surface area contributed by atoms with Crippen molar-refractivity contribution >= 4 is 28.3 Å². The van der Waals surface area contributed by atoms with E-state index in [1.165, 1.54) is 6.07 Å². The van der Waals surface area contributed by atoms with Crippen LogP contribution in [0.1, 0.15) is 24.1 Å². The highest BCUT2D eigenvalue weighted by molar-refractivity contribution is 9.10. The van der Waals surface area contributed by atoms with Crippen molar-refractivity contribution in [3.8, 4) is 0 Å². The molecule has 0 radical (unpaired) electrons. The molecule has 0 aliphatic heterocycles. The van der Waals surface area contributed by atoms with E-state index in [0.717, 1.165) is 11.1 Å². The number of nitrogens with two attached hydrogens (primary N) is 1. The SMILES string of the molecule is Cc1cc(Br)c(F)cc1[C@H](C)N.Cl. The maximum Gasteiger partial charge on any atom is 0.137 e. The van der Waals surface area contributed by atoms with Gasteiger partial charge in [-0.1, -0.05) is 0 Å².